The fraction of sp³-hybridized carbons (Fsp3) is 0.290. The van der Waals surface area contributed by atoms with E-state index in [0.717, 1.165) is 5.56 Å². The molecule has 0 radical (unpaired) electrons. The maximum atomic E-state index is 13.3. The van der Waals surface area contributed by atoms with Crippen LogP contribution in [0, 0.1) is 17.7 Å². The highest BCUT2D eigenvalue weighted by molar-refractivity contribution is 5.77. The van der Waals surface area contributed by atoms with E-state index in [2.05, 4.69) is 11.8 Å². The average molecular weight is 535 g/mol. The van der Waals surface area contributed by atoms with Crippen LogP contribution in [-0.4, -0.2) is 40.5 Å². The first kappa shape index (κ1) is 29.1. The molecule has 0 heterocycles. The molecule has 3 aromatic carbocycles. The van der Waals surface area contributed by atoms with E-state index in [0.29, 0.717) is 53.2 Å². The van der Waals surface area contributed by atoms with Gasteiger partial charge in [-0.15, -0.1) is 0 Å². The van der Waals surface area contributed by atoms with Gasteiger partial charge in [-0.3, -0.25) is 9.59 Å². The monoisotopic (exact) mass is 534 g/mol. The molecule has 0 aliphatic heterocycles. The van der Waals surface area contributed by atoms with E-state index in [4.69, 9.17) is 14.6 Å². The van der Waals surface area contributed by atoms with Gasteiger partial charge in [-0.2, -0.15) is 0 Å². The molecule has 204 valence electrons. The van der Waals surface area contributed by atoms with Crippen LogP contribution in [0.25, 0.3) is 11.1 Å². The Kier molecular flexibility index (Phi) is 10.3. The molecule has 3 rings (SSSR count). The fourth-order valence-corrected chi connectivity index (χ4v) is 3.87. The average Bonchev–Trinajstić information content (AvgIpc) is 2.91. The maximum absolute atomic E-state index is 13.3. The van der Waals surface area contributed by atoms with Crippen LogP contribution in [0.4, 0.5) is 4.39 Å². The molecule has 0 bridgehead atoms. The Morgan fingerprint density at radius 3 is 2.31 bits per heavy atom. The Morgan fingerprint density at radius 1 is 0.974 bits per heavy atom. The Labute approximate surface area is 226 Å². The molecule has 1 atom stereocenters. The summed E-state index contributed by atoms with van der Waals surface area (Å²) in [4.78, 5) is 22.3. The van der Waals surface area contributed by atoms with Crippen LogP contribution in [0.1, 0.15) is 55.7 Å². The third-order valence-corrected chi connectivity index (χ3v) is 6.06. The van der Waals surface area contributed by atoms with Crippen molar-refractivity contribution < 1.29 is 38.8 Å². The summed E-state index contributed by atoms with van der Waals surface area (Å²) in [5, 5.41) is 28.8. The van der Waals surface area contributed by atoms with E-state index in [9.17, 15) is 24.2 Å². The summed E-state index contributed by atoms with van der Waals surface area (Å²) in [5.41, 5.74) is 3.24. The minimum absolute atomic E-state index is 0.0310. The van der Waals surface area contributed by atoms with Crippen molar-refractivity contribution in [2.75, 3.05) is 13.2 Å². The minimum Gasteiger partial charge on any atom is -0.507 e. The lowest BCUT2D eigenvalue weighted by molar-refractivity contribution is -0.138. The number of hydrogen-bond donors (Lipinski definition) is 3. The van der Waals surface area contributed by atoms with E-state index in [-0.39, 0.29) is 31.0 Å². The van der Waals surface area contributed by atoms with Gasteiger partial charge in [0.25, 0.3) is 0 Å². The molecule has 0 saturated carbocycles. The third-order valence-electron chi connectivity index (χ3n) is 6.06. The number of ether oxygens (including phenoxy) is 2. The number of carboxylic acid groups (broad SMARTS) is 2. The summed E-state index contributed by atoms with van der Waals surface area (Å²) in [6.45, 7) is 4.11. The number of hydrogen-bond acceptors (Lipinski definition) is 5. The molecule has 0 fully saturated rings. The van der Waals surface area contributed by atoms with E-state index in [1.807, 2.05) is 13.0 Å². The van der Waals surface area contributed by atoms with Gasteiger partial charge in [0.15, 0.2) is 0 Å². The largest absolute Gasteiger partial charge is 0.507 e. The summed E-state index contributed by atoms with van der Waals surface area (Å²) in [6, 6.07) is 14.3. The van der Waals surface area contributed by atoms with Gasteiger partial charge in [-0.05, 0) is 60.9 Å². The van der Waals surface area contributed by atoms with Crippen molar-refractivity contribution >= 4 is 11.9 Å². The molecule has 0 amide bonds. The number of carbonyl (C=O) groups is 2. The van der Waals surface area contributed by atoms with Gasteiger partial charge in [-0.25, -0.2) is 4.39 Å². The van der Waals surface area contributed by atoms with Gasteiger partial charge in [0.05, 0.1) is 25.6 Å². The number of phenolic OH excluding ortho intramolecular Hbond substituents is 1. The number of phenols is 1. The van der Waals surface area contributed by atoms with E-state index >= 15 is 0 Å². The molecular weight excluding hydrogens is 503 g/mol. The number of benzene rings is 3. The van der Waals surface area contributed by atoms with Gasteiger partial charge in [0.2, 0.25) is 0 Å². The lowest BCUT2D eigenvalue weighted by atomic mass is 9.98. The Bertz CT molecular complexity index is 1370. The standard InChI is InChI=1S/C31H31FO7/c1-3-22-18-26(23-10-12-24(32)13-11-23)27(33)19-29(22)39-16-6-15-38-28-14-9-21(7-4-5-8-30(34)35)17-25(28)20(2)31(36)37/h9-14,17-20,33H,3,5-6,8,15-16H2,1-2H3,(H,34,35)(H,36,37). The van der Waals surface area contributed by atoms with Crippen LogP contribution in [0.2, 0.25) is 0 Å². The topological polar surface area (TPSA) is 113 Å². The lowest BCUT2D eigenvalue weighted by Gasteiger charge is -2.16. The number of aliphatic carboxylic acids is 2. The number of rotatable bonds is 12. The van der Waals surface area contributed by atoms with Crippen molar-refractivity contribution in [3.05, 3.63) is 77.1 Å². The second-order valence-electron chi connectivity index (χ2n) is 8.90. The highest BCUT2D eigenvalue weighted by Crippen LogP contribution is 2.36. The molecule has 0 aromatic heterocycles. The van der Waals surface area contributed by atoms with E-state index in [1.165, 1.54) is 12.1 Å². The van der Waals surface area contributed by atoms with E-state index in [1.54, 1.807) is 43.3 Å². The van der Waals surface area contributed by atoms with Crippen molar-refractivity contribution in [2.45, 2.75) is 45.4 Å². The van der Waals surface area contributed by atoms with Crippen LogP contribution in [-0.2, 0) is 16.0 Å². The molecule has 0 spiro atoms. The number of aromatic hydroxyl groups is 1. The summed E-state index contributed by atoms with van der Waals surface area (Å²) in [5.74, 6) is 3.55. The highest BCUT2D eigenvalue weighted by Gasteiger charge is 2.19. The zero-order valence-corrected chi connectivity index (χ0v) is 21.9. The van der Waals surface area contributed by atoms with Gasteiger partial charge in [0.1, 0.15) is 23.1 Å². The first-order valence-corrected chi connectivity index (χ1v) is 12.6. The first-order valence-electron chi connectivity index (χ1n) is 12.6. The van der Waals surface area contributed by atoms with Crippen molar-refractivity contribution in [1.29, 1.82) is 0 Å². The van der Waals surface area contributed by atoms with E-state index < -0.39 is 17.9 Å². The third kappa shape index (κ3) is 8.24. The molecule has 39 heavy (non-hydrogen) atoms. The zero-order chi connectivity index (χ0) is 28.4. The Balaban J connectivity index is 1.63. The number of carboxylic acids is 2. The SMILES string of the molecule is CCc1cc(-c2ccc(F)cc2)c(O)cc1OCCCOc1ccc(C#CCCC(=O)O)cc1C(C)C(=O)O. The molecule has 0 aliphatic rings. The Hall–Kier alpha value is -4.51. The van der Waals surface area contributed by atoms with Crippen LogP contribution >= 0.6 is 0 Å². The van der Waals surface area contributed by atoms with Gasteiger partial charge in [0, 0.05) is 35.6 Å². The van der Waals surface area contributed by atoms with Crippen molar-refractivity contribution in [3.8, 4) is 40.2 Å². The van der Waals surface area contributed by atoms with Gasteiger partial charge < -0.3 is 24.8 Å². The fourth-order valence-electron chi connectivity index (χ4n) is 3.87. The molecule has 3 N–H and O–H groups in total. The molecule has 1 unspecified atom stereocenters. The summed E-state index contributed by atoms with van der Waals surface area (Å²) >= 11 is 0. The molecule has 8 heteroatoms. The molecule has 7 nitrogen and oxygen atoms in total. The van der Waals surface area contributed by atoms with Crippen molar-refractivity contribution in [2.24, 2.45) is 0 Å². The zero-order valence-electron chi connectivity index (χ0n) is 21.9. The van der Waals surface area contributed by atoms with Gasteiger partial charge >= 0.3 is 11.9 Å². The predicted molar refractivity (Wildman–Crippen MR) is 145 cm³/mol. The van der Waals surface area contributed by atoms with Gasteiger partial charge in [-0.1, -0.05) is 30.9 Å². The Morgan fingerprint density at radius 2 is 1.67 bits per heavy atom. The maximum Gasteiger partial charge on any atom is 0.310 e. The summed E-state index contributed by atoms with van der Waals surface area (Å²) in [6.07, 6.45) is 1.31. The van der Waals surface area contributed by atoms with Crippen molar-refractivity contribution in [3.63, 3.8) is 0 Å². The van der Waals surface area contributed by atoms with Crippen LogP contribution in [0.5, 0.6) is 17.2 Å². The molecule has 3 aromatic rings. The molecule has 0 saturated heterocycles. The summed E-state index contributed by atoms with van der Waals surface area (Å²) < 4.78 is 25.1. The van der Waals surface area contributed by atoms with Crippen LogP contribution in [0.3, 0.4) is 0 Å². The second kappa shape index (κ2) is 13.9. The molecular formula is C31H31FO7. The normalized spacial score (nSPS) is 11.3. The highest BCUT2D eigenvalue weighted by atomic mass is 19.1. The van der Waals surface area contributed by atoms with Crippen LogP contribution < -0.4 is 9.47 Å². The first-order chi connectivity index (χ1) is 18.7. The summed E-state index contributed by atoms with van der Waals surface area (Å²) in [7, 11) is 0. The predicted octanol–water partition coefficient (Wildman–Crippen LogP) is 6.01. The number of aryl methyl sites for hydroxylation is 1. The van der Waals surface area contributed by atoms with Crippen molar-refractivity contribution in [1.82, 2.24) is 0 Å². The second-order valence-corrected chi connectivity index (χ2v) is 8.90. The smallest absolute Gasteiger partial charge is 0.310 e. The molecule has 0 aliphatic carbocycles. The minimum atomic E-state index is -1.00. The quantitative estimate of drug-likeness (QED) is 0.193. The van der Waals surface area contributed by atoms with Crippen LogP contribution in [0.15, 0.2) is 54.6 Å². The number of halogens is 1. The lowest BCUT2D eigenvalue weighted by Crippen LogP contribution is -2.11.